The molecular weight excluding hydrogens is 368 g/mol. The quantitative estimate of drug-likeness (QED) is 0.692. The number of nitrogens with zero attached hydrogens (tertiary/aromatic N) is 4. The Morgan fingerprint density at radius 1 is 1.21 bits per heavy atom. The van der Waals surface area contributed by atoms with Crippen molar-refractivity contribution < 1.29 is 18.3 Å². The van der Waals surface area contributed by atoms with Crippen molar-refractivity contribution >= 4 is 16.9 Å². The molecule has 2 heterocycles. The van der Waals surface area contributed by atoms with Gasteiger partial charge in [-0.2, -0.15) is 5.10 Å². The number of fused-ring (bicyclic) bond motifs is 1. The third-order valence-corrected chi connectivity index (χ3v) is 5.02. The van der Waals surface area contributed by atoms with Crippen molar-refractivity contribution in [2.24, 2.45) is 0 Å². The van der Waals surface area contributed by atoms with E-state index in [1.807, 2.05) is 25.1 Å². The number of nitrogens with one attached hydrogen (secondary N) is 1. The number of hydrogen-bond acceptors (Lipinski definition) is 6. The van der Waals surface area contributed by atoms with Crippen molar-refractivity contribution in [2.75, 3.05) is 19.5 Å². The standard InChI is InChI=1S/C19H21F2N5O2/c1-11-16-17(22-9-12-4-5-14(27-2)6-15(12)28-3)23-10-24-18(16)26(25-11)13-7-19(20,21)8-13/h4-6,10,13H,7-9H2,1-3H3,(H,22,23,24). The van der Waals surface area contributed by atoms with Crippen LogP contribution in [0, 0.1) is 6.92 Å². The molecular formula is C19H21F2N5O2. The van der Waals surface area contributed by atoms with Crippen molar-refractivity contribution in [3.05, 3.63) is 35.8 Å². The van der Waals surface area contributed by atoms with Gasteiger partial charge in [-0.25, -0.2) is 23.4 Å². The Labute approximate surface area is 160 Å². The summed E-state index contributed by atoms with van der Waals surface area (Å²) in [5.74, 6) is -0.603. The fraction of sp³-hybridized carbons (Fsp3) is 0.421. The molecule has 28 heavy (non-hydrogen) atoms. The number of aromatic nitrogens is 4. The zero-order valence-corrected chi connectivity index (χ0v) is 15.9. The lowest BCUT2D eigenvalue weighted by molar-refractivity contribution is -0.106. The average Bonchev–Trinajstić information content (AvgIpc) is 3.01. The van der Waals surface area contributed by atoms with Crippen LogP contribution in [-0.4, -0.2) is 39.9 Å². The molecule has 1 saturated carbocycles. The fourth-order valence-corrected chi connectivity index (χ4v) is 3.51. The number of aryl methyl sites for hydroxylation is 1. The Bertz CT molecular complexity index is 1010. The number of benzene rings is 1. The van der Waals surface area contributed by atoms with Gasteiger partial charge in [0.15, 0.2) is 5.65 Å². The molecule has 0 amide bonds. The van der Waals surface area contributed by atoms with Gasteiger partial charge in [-0.1, -0.05) is 0 Å². The molecule has 0 radical (unpaired) electrons. The van der Waals surface area contributed by atoms with Crippen LogP contribution in [0.5, 0.6) is 11.5 Å². The van der Waals surface area contributed by atoms with Crippen molar-refractivity contribution in [3.8, 4) is 11.5 Å². The van der Waals surface area contributed by atoms with Gasteiger partial charge < -0.3 is 14.8 Å². The lowest BCUT2D eigenvalue weighted by atomic mass is 9.88. The lowest BCUT2D eigenvalue weighted by Gasteiger charge is -2.34. The summed E-state index contributed by atoms with van der Waals surface area (Å²) < 4.78 is 38.8. The highest BCUT2D eigenvalue weighted by atomic mass is 19.3. The Morgan fingerprint density at radius 2 is 2.00 bits per heavy atom. The zero-order valence-electron chi connectivity index (χ0n) is 15.9. The van der Waals surface area contributed by atoms with Crippen LogP contribution in [0.3, 0.4) is 0 Å². The summed E-state index contributed by atoms with van der Waals surface area (Å²) >= 11 is 0. The van der Waals surface area contributed by atoms with Gasteiger partial charge in [0.1, 0.15) is 23.6 Å². The maximum Gasteiger partial charge on any atom is 0.252 e. The van der Waals surface area contributed by atoms with Crippen LogP contribution >= 0.6 is 0 Å². The van der Waals surface area contributed by atoms with E-state index in [2.05, 4.69) is 20.4 Å². The minimum Gasteiger partial charge on any atom is -0.497 e. The van der Waals surface area contributed by atoms with Gasteiger partial charge in [-0.05, 0) is 19.1 Å². The fourth-order valence-electron chi connectivity index (χ4n) is 3.51. The third kappa shape index (κ3) is 3.21. The highest BCUT2D eigenvalue weighted by molar-refractivity contribution is 5.89. The summed E-state index contributed by atoms with van der Waals surface area (Å²) in [4.78, 5) is 8.62. The summed E-state index contributed by atoms with van der Waals surface area (Å²) in [6.07, 6.45) is 1.00. The molecule has 1 fully saturated rings. The SMILES string of the molecule is COc1ccc(CNc2ncnc3c2c(C)nn3C2CC(F)(F)C2)c(OC)c1. The first-order valence-electron chi connectivity index (χ1n) is 8.94. The molecule has 0 saturated heterocycles. The van der Waals surface area contributed by atoms with E-state index in [-0.39, 0.29) is 18.9 Å². The maximum atomic E-state index is 13.3. The second-order valence-corrected chi connectivity index (χ2v) is 6.90. The Morgan fingerprint density at radius 3 is 2.68 bits per heavy atom. The molecule has 3 aromatic rings. The zero-order chi connectivity index (χ0) is 19.9. The summed E-state index contributed by atoms with van der Waals surface area (Å²) in [7, 11) is 3.20. The number of rotatable bonds is 6. The van der Waals surface area contributed by atoms with Crippen LogP contribution in [0.15, 0.2) is 24.5 Å². The van der Waals surface area contributed by atoms with Crippen molar-refractivity contribution in [2.45, 2.75) is 38.3 Å². The van der Waals surface area contributed by atoms with Gasteiger partial charge in [0.25, 0.3) is 5.92 Å². The first-order valence-corrected chi connectivity index (χ1v) is 8.94. The van der Waals surface area contributed by atoms with Crippen molar-refractivity contribution in [1.29, 1.82) is 0 Å². The molecule has 1 N–H and O–H groups in total. The number of halogens is 2. The van der Waals surface area contributed by atoms with E-state index >= 15 is 0 Å². The highest BCUT2D eigenvalue weighted by Gasteiger charge is 2.47. The molecule has 7 nitrogen and oxygen atoms in total. The second-order valence-electron chi connectivity index (χ2n) is 6.90. The normalized spacial score (nSPS) is 16.0. The van der Waals surface area contributed by atoms with E-state index in [4.69, 9.17) is 9.47 Å². The van der Waals surface area contributed by atoms with E-state index in [9.17, 15) is 8.78 Å². The molecule has 0 atom stereocenters. The first kappa shape index (κ1) is 18.4. The Balaban J connectivity index is 1.61. The monoisotopic (exact) mass is 389 g/mol. The number of alkyl halides is 2. The lowest BCUT2D eigenvalue weighted by Crippen LogP contribution is -2.37. The largest absolute Gasteiger partial charge is 0.497 e. The van der Waals surface area contributed by atoms with Crippen LogP contribution in [0.4, 0.5) is 14.6 Å². The van der Waals surface area contributed by atoms with E-state index < -0.39 is 5.92 Å². The molecule has 4 rings (SSSR count). The van der Waals surface area contributed by atoms with E-state index in [0.717, 1.165) is 10.9 Å². The van der Waals surface area contributed by atoms with Gasteiger partial charge in [-0.15, -0.1) is 0 Å². The predicted molar refractivity (Wildman–Crippen MR) is 100 cm³/mol. The molecule has 1 aliphatic rings. The molecule has 9 heteroatoms. The third-order valence-electron chi connectivity index (χ3n) is 5.02. The number of hydrogen-bond donors (Lipinski definition) is 1. The number of anilines is 1. The number of ether oxygens (including phenoxy) is 2. The van der Waals surface area contributed by atoms with Crippen molar-refractivity contribution in [3.63, 3.8) is 0 Å². The summed E-state index contributed by atoms with van der Waals surface area (Å²) in [5.41, 5.74) is 2.20. The molecule has 1 aromatic carbocycles. The highest BCUT2D eigenvalue weighted by Crippen LogP contribution is 2.46. The van der Waals surface area contributed by atoms with Crippen LogP contribution in [0.25, 0.3) is 11.0 Å². The molecule has 0 unspecified atom stereocenters. The molecule has 0 spiro atoms. The minimum absolute atomic E-state index is 0.209. The summed E-state index contributed by atoms with van der Waals surface area (Å²) in [5, 5.41) is 8.48. The predicted octanol–water partition coefficient (Wildman–Crippen LogP) is 3.73. The molecule has 0 bridgehead atoms. The van der Waals surface area contributed by atoms with Crippen LogP contribution in [-0.2, 0) is 6.54 Å². The Hall–Kier alpha value is -2.97. The summed E-state index contributed by atoms with van der Waals surface area (Å²) in [6.45, 7) is 2.30. The van der Waals surface area contributed by atoms with Gasteiger partial charge in [-0.3, -0.25) is 0 Å². The maximum absolute atomic E-state index is 13.3. The first-order chi connectivity index (χ1) is 13.4. The number of methoxy groups -OCH3 is 2. The summed E-state index contributed by atoms with van der Waals surface area (Å²) in [6, 6.07) is 5.24. The van der Waals surface area contributed by atoms with E-state index in [0.29, 0.717) is 35.2 Å². The van der Waals surface area contributed by atoms with Gasteiger partial charge in [0.2, 0.25) is 0 Å². The Kier molecular flexibility index (Phi) is 4.52. The molecule has 2 aromatic heterocycles. The van der Waals surface area contributed by atoms with E-state index in [1.54, 1.807) is 18.9 Å². The molecule has 1 aliphatic carbocycles. The van der Waals surface area contributed by atoms with E-state index in [1.165, 1.54) is 6.33 Å². The van der Waals surface area contributed by atoms with Crippen molar-refractivity contribution in [1.82, 2.24) is 19.7 Å². The van der Waals surface area contributed by atoms with Gasteiger partial charge >= 0.3 is 0 Å². The minimum atomic E-state index is -2.62. The van der Waals surface area contributed by atoms with Crippen LogP contribution in [0.2, 0.25) is 0 Å². The smallest absolute Gasteiger partial charge is 0.252 e. The van der Waals surface area contributed by atoms with Gasteiger partial charge in [0.05, 0.1) is 31.3 Å². The molecule has 0 aliphatic heterocycles. The molecule has 148 valence electrons. The van der Waals surface area contributed by atoms with Crippen LogP contribution < -0.4 is 14.8 Å². The van der Waals surface area contributed by atoms with Gasteiger partial charge in [0, 0.05) is 31.0 Å². The topological polar surface area (TPSA) is 74.1 Å². The second kappa shape index (κ2) is 6.88. The average molecular weight is 389 g/mol. The van der Waals surface area contributed by atoms with Crippen LogP contribution in [0.1, 0.15) is 30.1 Å².